The van der Waals surface area contributed by atoms with E-state index in [4.69, 9.17) is 0 Å². The maximum atomic E-state index is 9.97. The summed E-state index contributed by atoms with van der Waals surface area (Å²) in [5, 5.41) is 0. The summed E-state index contributed by atoms with van der Waals surface area (Å²) in [7, 11) is 3.28. The summed E-state index contributed by atoms with van der Waals surface area (Å²) < 4.78 is 0. The molecule has 62 valence electrons. The second-order valence-electron chi connectivity index (χ2n) is 2.44. The van der Waals surface area contributed by atoms with Gasteiger partial charge in [-0.3, -0.25) is 4.79 Å². The van der Waals surface area contributed by atoms with E-state index in [0.717, 1.165) is 13.0 Å². The summed E-state index contributed by atoms with van der Waals surface area (Å²) in [6.07, 6.45) is 0.847. The lowest BCUT2D eigenvalue weighted by atomic mass is 10.2. The maximum Gasteiger partial charge on any atom is 0.209 e. The molecule has 0 saturated heterocycles. The molecule has 0 fully saturated rings. The van der Waals surface area contributed by atoms with E-state index in [-0.39, 0.29) is 0 Å². The molecule has 0 saturated carbocycles. The van der Waals surface area contributed by atoms with E-state index in [1.54, 1.807) is 11.9 Å². The van der Waals surface area contributed by atoms with Crippen LogP contribution in [0.15, 0.2) is 0 Å². The lowest BCUT2D eigenvalue weighted by Gasteiger charge is -2.11. The molecule has 1 amide bonds. The molecule has 0 radical (unpaired) electrons. The zero-order valence-electron chi connectivity index (χ0n) is 7.29. The van der Waals surface area contributed by atoms with Gasteiger partial charge in [-0.25, -0.2) is 0 Å². The van der Waals surface area contributed by atoms with Crippen molar-refractivity contribution in [2.45, 2.75) is 13.8 Å². The van der Waals surface area contributed by atoms with Crippen molar-refractivity contribution in [3.05, 3.63) is 0 Å². The van der Waals surface area contributed by atoms with Crippen molar-refractivity contribution in [3.63, 3.8) is 0 Å². The first-order valence-corrected chi connectivity index (χ1v) is 3.40. The SMILES string of the molecule is CC(C)CN(C)C=O.CN. The van der Waals surface area contributed by atoms with Gasteiger partial charge in [0.05, 0.1) is 0 Å². The summed E-state index contributed by atoms with van der Waals surface area (Å²) in [4.78, 5) is 11.6. The maximum absolute atomic E-state index is 9.97. The lowest BCUT2D eigenvalue weighted by Crippen LogP contribution is -2.20. The van der Waals surface area contributed by atoms with Crippen LogP contribution in [0.25, 0.3) is 0 Å². The largest absolute Gasteiger partial charge is 0.348 e. The Bertz CT molecular complexity index is 74.0. The van der Waals surface area contributed by atoms with E-state index < -0.39 is 0 Å². The predicted octanol–water partition coefficient (Wildman–Crippen LogP) is 0.305. The third-order valence-electron chi connectivity index (χ3n) is 0.833. The highest BCUT2D eigenvalue weighted by molar-refractivity contribution is 5.46. The normalized spacial score (nSPS) is 8.20. The van der Waals surface area contributed by atoms with Crippen LogP contribution in [-0.2, 0) is 4.79 Å². The standard InChI is InChI=1S/C6H13NO.CH5N/c1-6(2)4-7(3)5-8;1-2/h5-6H,4H2,1-3H3;2H2,1H3. The molecular weight excluding hydrogens is 128 g/mol. The van der Waals surface area contributed by atoms with Gasteiger partial charge in [0.1, 0.15) is 0 Å². The molecule has 0 aliphatic carbocycles. The van der Waals surface area contributed by atoms with Crippen LogP contribution in [0, 0.1) is 5.92 Å². The summed E-state index contributed by atoms with van der Waals surface area (Å²) in [5.41, 5.74) is 4.50. The fraction of sp³-hybridized carbons (Fsp3) is 0.857. The molecule has 0 heterocycles. The minimum atomic E-state index is 0.574. The number of carbonyl (C=O) groups excluding carboxylic acids is 1. The molecule has 10 heavy (non-hydrogen) atoms. The smallest absolute Gasteiger partial charge is 0.209 e. The second kappa shape index (κ2) is 8.43. The summed E-state index contributed by atoms with van der Waals surface area (Å²) in [5.74, 6) is 0.574. The molecule has 0 rings (SSSR count). The van der Waals surface area contributed by atoms with Crippen LogP contribution in [0.5, 0.6) is 0 Å². The minimum Gasteiger partial charge on any atom is -0.348 e. The molecule has 0 aliphatic rings. The fourth-order valence-electron chi connectivity index (χ4n) is 0.619. The lowest BCUT2D eigenvalue weighted by molar-refractivity contribution is -0.117. The highest BCUT2D eigenvalue weighted by atomic mass is 16.1. The van der Waals surface area contributed by atoms with Crippen molar-refractivity contribution in [2.75, 3.05) is 20.6 Å². The Morgan fingerprint density at radius 3 is 2.00 bits per heavy atom. The average Bonchev–Trinajstić information content (AvgIpc) is 1.91. The molecular formula is C7H18N2O. The van der Waals surface area contributed by atoms with Gasteiger partial charge in [-0.1, -0.05) is 13.8 Å². The van der Waals surface area contributed by atoms with Crippen LogP contribution >= 0.6 is 0 Å². The third kappa shape index (κ3) is 10.4. The summed E-state index contributed by atoms with van der Waals surface area (Å²) >= 11 is 0. The molecule has 0 bridgehead atoms. The zero-order chi connectivity index (χ0) is 8.57. The van der Waals surface area contributed by atoms with Gasteiger partial charge in [0.2, 0.25) is 6.41 Å². The molecule has 0 aromatic carbocycles. The first kappa shape index (κ1) is 12.1. The Labute approximate surface area is 63.2 Å². The van der Waals surface area contributed by atoms with Gasteiger partial charge < -0.3 is 10.6 Å². The number of carbonyl (C=O) groups is 1. The van der Waals surface area contributed by atoms with Crippen molar-refractivity contribution < 1.29 is 4.79 Å². The number of nitrogens with zero attached hydrogens (tertiary/aromatic N) is 1. The molecule has 0 aromatic rings. The number of rotatable bonds is 3. The Morgan fingerprint density at radius 2 is 1.90 bits per heavy atom. The van der Waals surface area contributed by atoms with Gasteiger partial charge in [-0.15, -0.1) is 0 Å². The minimum absolute atomic E-state index is 0.574. The van der Waals surface area contributed by atoms with Crippen LogP contribution < -0.4 is 5.73 Å². The van der Waals surface area contributed by atoms with Crippen LogP contribution in [0.3, 0.4) is 0 Å². The number of nitrogens with two attached hydrogens (primary N) is 1. The van der Waals surface area contributed by atoms with Crippen LogP contribution in [-0.4, -0.2) is 32.0 Å². The van der Waals surface area contributed by atoms with Crippen LogP contribution in [0.2, 0.25) is 0 Å². The van der Waals surface area contributed by atoms with E-state index in [1.807, 2.05) is 0 Å². The first-order valence-electron chi connectivity index (χ1n) is 3.40. The Morgan fingerprint density at radius 1 is 1.50 bits per heavy atom. The zero-order valence-corrected chi connectivity index (χ0v) is 7.29. The Hall–Kier alpha value is -0.570. The fourth-order valence-corrected chi connectivity index (χ4v) is 0.619. The van der Waals surface area contributed by atoms with Gasteiger partial charge in [-0.05, 0) is 13.0 Å². The van der Waals surface area contributed by atoms with Gasteiger partial charge in [0.15, 0.2) is 0 Å². The van der Waals surface area contributed by atoms with Crippen molar-refractivity contribution in [3.8, 4) is 0 Å². The van der Waals surface area contributed by atoms with Crippen molar-refractivity contribution >= 4 is 6.41 Å². The third-order valence-corrected chi connectivity index (χ3v) is 0.833. The molecule has 3 heteroatoms. The second-order valence-corrected chi connectivity index (χ2v) is 2.44. The predicted molar refractivity (Wildman–Crippen MR) is 43.6 cm³/mol. The topological polar surface area (TPSA) is 46.3 Å². The number of amides is 1. The van der Waals surface area contributed by atoms with Crippen molar-refractivity contribution in [1.82, 2.24) is 4.90 Å². The number of hydrogen-bond donors (Lipinski definition) is 1. The van der Waals surface area contributed by atoms with E-state index in [9.17, 15) is 4.79 Å². The average molecular weight is 146 g/mol. The quantitative estimate of drug-likeness (QED) is 0.582. The summed E-state index contributed by atoms with van der Waals surface area (Å²) in [6, 6.07) is 0. The Kier molecular flexibility index (Phi) is 10.2. The number of hydrogen-bond acceptors (Lipinski definition) is 2. The van der Waals surface area contributed by atoms with Gasteiger partial charge in [-0.2, -0.15) is 0 Å². The molecule has 0 unspecified atom stereocenters. The van der Waals surface area contributed by atoms with Gasteiger partial charge in [0, 0.05) is 13.6 Å². The molecule has 0 aliphatic heterocycles. The van der Waals surface area contributed by atoms with Crippen molar-refractivity contribution in [1.29, 1.82) is 0 Å². The molecule has 2 N–H and O–H groups in total. The van der Waals surface area contributed by atoms with Crippen molar-refractivity contribution in [2.24, 2.45) is 11.7 Å². The molecule has 0 aromatic heterocycles. The van der Waals surface area contributed by atoms with E-state index in [0.29, 0.717) is 5.92 Å². The van der Waals surface area contributed by atoms with E-state index >= 15 is 0 Å². The van der Waals surface area contributed by atoms with Crippen LogP contribution in [0.1, 0.15) is 13.8 Å². The van der Waals surface area contributed by atoms with Crippen LogP contribution in [0.4, 0.5) is 0 Å². The summed E-state index contributed by atoms with van der Waals surface area (Å²) in [6.45, 7) is 5.02. The molecule has 3 nitrogen and oxygen atoms in total. The van der Waals surface area contributed by atoms with E-state index in [2.05, 4.69) is 19.6 Å². The monoisotopic (exact) mass is 146 g/mol. The molecule has 0 spiro atoms. The highest BCUT2D eigenvalue weighted by Crippen LogP contribution is 1.91. The highest BCUT2D eigenvalue weighted by Gasteiger charge is 1.95. The molecule has 0 atom stereocenters. The first-order chi connectivity index (χ1) is 4.66. The van der Waals surface area contributed by atoms with Gasteiger partial charge in [0.25, 0.3) is 0 Å². The van der Waals surface area contributed by atoms with E-state index in [1.165, 1.54) is 7.05 Å². The van der Waals surface area contributed by atoms with Gasteiger partial charge >= 0.3 is 0 Å². The Balaban J connectivity index is 0.